The number of amides is 4. The van der Waals surface area contributed by atoms with Crippen molar-refractivity contribution in [1.29, 1.82) is 0 Å². The molecule has 1 fully saturated rings. The Kier molecular flexibility index (Phi) is 13.6. The molecule has 3 rings (SSSR count). The zero-order valence-electron chi connectivity index (χ0n) is 26.5. The van der Waals surface area contributed by atoms with Crippen LogP contribution in [0, 0.1) is 11.8 Å². The van der Waals surface area contributed by atoms with Gasteiger partial charge in [-0.3, -0.25) is 33.8 Å². The molecule has 1 aromatic carbocycles. The average Bonchev–Trinajstić information content (AvgIpc) is 3.43. The molecule has 250 valence electrons. The highest BCUT2D eigenvalue weighted by Gasteiger charge is 2.34. The van der Waals surface area contributed by atoms with Gasteiger partial charge in [-0.2, -0.15) is 0 Å². The minimum absolute atomic E-state index is 0.0849. The molecule has 0 unspecified atom stereocenters. The van der Waals surface area contributed by atoms with Crippen LogP contribution in [0.5, 0.6) is 0 Å². The summed E-state index contributed by atoms with van der Waals surface area (Å²) in [6, 6.07) is 4.27. The van der Waals surface area contributed by atoms with Crippen LogP contribution in [0.2, 0.25) is 0 Å². The van der Waals surface area contributed by atoms with Crippen molar-refractivity contribution < 1.29 is 28.8 Å². The van der Waals surface area contributed by atoms with E-state index < -0.39 is 53.5 Å². The molecule has 0 saturated carbocycles. The number of thiazole rings is 1. The first-order valence-electron chi connectivity index (χ1n) is 15.5. The molecule has 0 spiro atoms. The Labute approximate surface area is 271 Å². The summed E-state index contributed by atoms with van der Waals surface area (Å²) in [5.74, 6) is -3.98. The van der Waals surface area contributed by atoms with Gasteiger partial charge >= 0.3 is 0 Å². The van der Waals surface area contributed by atoms with E-state index in [1.54, 1.807) is 19.9 Å². The lowest BCUT2D eigenvalue weighted by molar-refractivity contribution is -0.136. The number of nitrogens with zero attached hydrogens (tertiary/aromatic N) is 2. The number of para-hydroxylation sites is 1. The second-order valence-corrected chi connectivity index (χ2v) is 12.8. The highest BCUT2D eigenvalue weighted by molar-refractivity contribution is 7.20. The number of aromatic nitrogens is 1. The number of guanidine groups is 1. The number of Topliss-reactive ketones (excluding diaryl/α,β-unsaturated/α-hetero) is 2. The number of carbonyl (C=O) groups is 6. The predicted octanol–water partition coefficient (Wildman–Crippen LogP) is 0.929. The summed E-state index contributed by atoms with van der Waals surface area (Å²) in [5, 5.41) is 11.2. The zero-order valence-corrected chi connectivity index (χ0v) is 27.3. The third-order valence-corrected chi connectivity index (χ3v) is 8.73. The molecule has 8 N–H and O–H groups in total. The van der Waals surface area contributed by atoms with Crippen molar-refractivity contribution in [3.8, 4) is 0 Å². The molecular formula is C31H44N8O6S. The molecule has 1 aromatic heterocycles. The fraction of sp³-hybridized carbons (Fsp3) is 0.548. The van der Waals surface area contributed by atoms with E-state index >= 15 is 0 Å². The number of hydrogen-bond donors (Lipinski definition) is 6. The number of nitrogens with two attached hydrogens (primary N) is 2. The Balaban J connectivity index is 1.84. The zero-order chi connectivity index (χ0) is 33.8. The smallest absolute Gasteiger partial charge is 0.243 e. The van der Waals surface area contributed by atoms with Gasteiger partial charge in [-0.25, -0.2) is 4.98 Å². The molecule has 14 nitrogen and oxygen atoms in total. The van der Waals surface area contributed by atoms with Crippen molar-refractivity contribution in [2.45, 2.75) is 83.8 Å². The molecular weight excluding hydrogens is 612 g/mol. The first kappa shape index (κ1) is 36.1. The van der Waals surface area contributed by atoms with Crippen molar-refractivity contribution in [3.63, 3.8) is 0 Å². The van der Waals surface area contributed by atoms with Crippen LogP contribution >= 0.6 is 11.3 Å². The molecule has 4 amide bonds. The molecule has 0 radical (unpaired) electrons. The summed E-state index contributed by atoms with van der Waals surface area (Å²) in [4.78, 5) is 86.9. The molecule has 4 atom stereocenters. The highest BCUT2D eigenvalue weighted by atomic mass is 32.1. The van der Waals surface area contributed by atoms with E-state index in [1.807, 2.05) is 18.2 Å². The van der Waals surface area contributed by atoms with Crippen LogP contribution in [0.15, 0.2) is 29.3 Å². The molecule has 0 bridgehead atoms. The summed E-state index contributed by atoms with van der Waals surface area (Å²) >= 11 is 1.23. The third-order valence-electron chi connectivity index (χ3n) is 7.68. The van der Waals surface area contributed by atoms with Gasteiger partial charge in [0.05, 0.1) is 28.7 Å². The number of carbonyl (C=O) groups excluding carboxylic acids is 6. The Morgan fingerprint density at radius 1 is 1.11 bits per heavy atom. The predicted molar refractivity (Wildman–Crippen MR) is 175 cm³/mol. The van der Waals surface area contributed by atoms with Crippen LogP contribution in [-0.2, 0) is 24.0 Å². The minimum atomic E-state index is -1.08. The van der Waals surface area contributed by atoms with E-state index in [-0.39, 0.29) is 61.4 Å². The summed E-state index contributed by atoms with van der Waals surface area (Å²) in [7, 11) is 0. The van der Waals surface area contributed by atoms with Gasteiger partial charge in [0.2, 0.25) is 29.4 Å². The van der Waals surface area contributed by atoms with Crippen molar-refractivity contribution >= 4 is 62.7 Å². The lowest BCUT2D eigenvalue weighted by Crippen LogP contribution is -2.53. The maximum atomic E-state index is 13.8. The number of nitrogens with one attached hydrogen (secondary N) is 4. The summed E-state index contributed by atoms with van der Waals surface area (Å²) < 4.78 is 0.830. The first-order valence-corrected chi connectivity index (χ1v) is 16.3. The van der Waals surface area contributed by atoms with Gasteiger partial charge in [-0.15, -0.1) is 11.3 Å². The van der Waals surface area contributed by atoms with Crippen LogP contribution in [0.25, 0.3) is 10.2 Å². The largest absolute Gasteiger partial charge is 0.370 e. The van der Waals surface area contributed by atoms with Gasteiger partial charge in [-0.05, 0) is 50.2 Å². The van der Waals surface area contributed by atoms with Gasteiger partial charge in [0, 0.05) is 32.4 Å². The summed E-state index contributed by atoms with van der Waals surface area (Å²) in [6.07, 6.45) is 1.34. The maximum absolute atomic E-state index is 13.8. The van der Waals surface area contributed by atoms with E-state index in [4.69, 9.17) is 11.5 Å². The summed E-state index contributed by atoms with van der Waals surface area (Å²) in [6.45, 7) is 5.33. The second-order valence-electron chi connectivity index (χ2n) is 11.7. The van der Waals surface area contributed by atoms with Gasteiger partial charge < -0.3 is 32.7 Å². The van der Waals surface area contributed by atoms with Crippen LogP contribution in [0.1, 0.15) is 75.5 Å². The van der Waals surface area contributed by atoms with Crippen LogP contribution < -0.4 is 32.7 Å². The molecule has 1 aliphatic rings. The Hall–Kier alpha value is -4.40. The van der Waals surface area contributed by atoms with E-state index in [9.17, 15) is 28.8 Å². The fourth-order valence-electron chi connectivity index (χ4n) is 5.16. The topological polar surface area (TPSA) is 228 Å². The highest BCUT2D eigenvalue weighted by Crippen LogP contribution is 2.24. The van der Waals surface area contributed by atoms with Crippen LogP contribution in [0.3, 0.4) is 0 Å². The van der Waals surface area contributed by atoms with E-state index in [1.165, 1.54) is 18.3 Å². The maximum Gasteiger partial charge on any atom is 0.243 e. The normalized spacial score (nSPS) is 20.6. The standard InChI is InChI=1S/C31H44N8O6S/c1-17(2)19-15-24(41)23(36-18(3)40)16-26(42)34-13-7-6-10-22(38-28(19)44)29(45)37-21(11-8-14-35-31(32)33)27(43)30-39-20-9-4-5-12-25(20)46-30/h4-5,9,12,17,19,21-23H,6-8,10-11,13-16H2,1-3H3,(H,34,42)(H,36,40)(H,37,45)(H,38,44)(H4,32,33,35)/t19-,21-,22-,23-/m0/s1. The summed E-state index contributed by atoms with van der Waals surface area (Å²) in [5.41, 5.74) is 11.6. The molecule has 2 aromatic rings. The lowest BCUT2D eigenvalue weighted by atomic mass is 9.87. The Bertz CT molecular complexity index is 1420. The molecule has 1 aliphatic heterocycles. The quantitative estimate of drug-likeness (QED) is 0.0924. The first-order chi connectivity index (χ1) is 21.8. The number of fused-ring (bicyclic) bond motifs is 1. The van der Waals surface area contributed by atoms with Crippen molar-refractivity contribution in [1.82, 2.24) is 26.3 Å². The lowest BCUT2D eigenvalue weighted by Gasteiger charge is -2.27. The molecule has 2 heterocycles. The van der Waals surface area contributed by atoms with Gasteiger partial charge in [-0.1, -0.05) is 26.0 Å². The van der Waals surface area contributed by atoms with Crippen molar-refractivity contribution in [3.05, 3.63) is 29.3 Å². The van der Waals surface area contributed by atoms with Crippen molar-refractivity contribution in [2.24, 2.45) is 28.3 Å². The van der Waals surface area contributed by atoms with Gasteiger partial charge in [0.15, 0.2) is 16.8 Å². The number of benzene rings is 1. The third kappa shape index (κ3) is 10.9. The number of rotatable bonds is 10. The second kappa shape index (κ2) is 17.3. The van der Waals surface area contributed by atoms with E-state index in [2.05, 4.69) is 31.2 Å². The molecule has 0 aliphatic carbocycles. The van der Waals surface area contributed by atoms with Crippen molar-refractivity contribution in [2.75, 3.05) is 13.1 Å². The van der Waals surface area contributed by atoms with E-state index in [0.29, 0.717) is 24.8 Å². The Morgan fingerprint density at radius 3 is 2.52 bits per heavy atom. The number of aliphatic imine (C=N–C) groups is 1. The molecule has 15 heteroatoms. The van der Waals surface area contributed by atoms with Crippen LogP contribution in [0.4, 0.5) is 0 Å². The number of ketones is 2. The SMILES string of the molecule is CC(=O)N[C@H]1CC(=O)NCCCC[C@@H](C(=O)N[C@@H](CCCN=C(N)N)C(=O)c2nc3ccccc3s2)NC(=O)[C@H](C(C)C)CC1=O. The molecule has 46 heavy (non-hydrogen) atoms. The Morgan fingerprint density at radius 2 is 1.85 bits per heavy atom. The molecule has 1 saturated heterocycles. The van der Waals surface area contributed by atoms with E-state index in [0.717, 1.165) is 4.70 Å². The minimum Gasteiger partial charge on any atom is -0.370 e. The van der Waals surface area contributed by atoms with Gasteiger partial charge in [0.1, 0.15) is 6.04 Å². The van der Waals surface area contributed by atoms with Crippen LogP contribution in [-0.4, -0.2) is 77.4 Å². The monoisotopic (exact) mass is 656 g/mol. The van der Waals surface area contributed by atoms with Gasteiger partial charge in [0.25, 0.3) is 0 Å². The number of hydrogen-bond acceptors (Lipinski definition) is 9. The average molecular weight is 657 g/mol. The fourth-order valence-corrected chi connectivity index (χ4v) is 6.12.